The van der Waals surface area contributed by atoms with Crippen LogP contribution in [0, 0.1) is 16.2 Å². The molecule has 28 heavy (non-hydrogen) atoms. The molecule has 0 unspecified atom stereocenters. The number of aliphatic imine (C=N–C) groups is 1. The lowest BCUT2D eigenvalue weighted by Gasteiger charge is -2.58. The van der Waals surface area contributed by atoms with Crippen LogP contribution in [0.5, 0.6) is 0 Å². The highest BCUT2D eigenvalue weighted by molar-refractivity contribution is 5.96. The third-order valence-corrected chi connectivity index (χ3v) is 6.92. The highest BCUT2D eigenvalue weighted by atomic mass is 15.2. The highest BCUT2D eigenvalue weighted by Crippen LogP contribution is 2.63. The predicted molar refractivity (Wildman–Crippen MR) is 117 cm³/mol. The van der Waals surface area contributed by atoms with Crippen molar-refractivity contribution in [3.05, 3.63) is 53.3 Å². The Morgan fingerprint density at radius 1 is 0.893 bits per heavy atom. The van der Waals surface area contributed by atoms with Gasteiger partial charge in [-0.3, -0.25) is 0 Å². The van der Waals surface area contributed by atoms with Crippen LogP contribution in [0.2, 0.25) is 0 Å². The van der Waals surface area contributed by atoms with Crippen molar-refractivity contribution < 1.29 is 0 Å². The van der Waals surface area contributed by atoms with Crippen molar-refractivity contribution in [3.63, 3.8) is 0 Å². The van der Waals surface area contributed by atoms with E-state index in [1.54, 1.807) is 5.57 Å². The van der Waals surface area contributed by atoms with Crippen molar-refractivity contribution in [3.8, 4) is 0 Å². The van der Waals surface area contributed by atoms with Gasteiger partial charge in [-0.25, -0.2) is 4.99 Å². The molecule has 4 aliphatic rings. The lowest BCUT2D eigenvalue weighted by Crippen LogP contribution is -2.56. The SMILES string of the molecule is CC1(C)CC2=C[C@]3(C)CC(C)(C)C[C@]4(C3)N=C(Nc3ccccc3)NC(=C24)C1. The van der Waals surface area contributed by atoms with Crippen LogP contribution in [0.1, 0.15) is 66.7 Å². The molecule has 2 bridgehead atoms. The first kappa shape index (κ1) is 18.0. The molecule has 2 atom stereocenters. The van der Waals surface area contributed by atoms with E-state index >= 15 is 0 Å². The van der Waals surface area contributed by atoms with Gasteiger partial charge in [-0.2, -0.15) is 0 Å². The molecule has 148 valence electrons. The molecule has 1 aliphatic heterocycles. The van der Waals surface area contributed by atoms with E-state index in [0.717, 1.165) is 30.9 Å². The largest absolute Gasteiger partial charge is 0.329 e. The number of fused-ring (bicyclic) bond motifs is 1. The fraction of sp³-hybridized carbons (Fsp3) is 0.560. The van der Waals surface area contributed by atoms with Gasteiger partial charge in [0.25, 0.3) is 0 Å². The minimum atomic E-state index is -0.0885. The number of hydrogen-bond acceptors (Lipinski definition) is 3. The summed E-state index contributed by atoms with van der Waals surface area (Å²) in [5.41, 5.74) is 6.29. The van der Waals surface area contributed by atoms with Gasteiger partial charge < -0.3 is 10.6 Å². The Labute approximate surface area is 169 Å². The number of benzene rings is 1. The normalized spacial score (nSPS) is 34.6. The number of para-hydroxylation sites is 1. The Morgan fingerprint density at radius 2 is 1.64 bits per heavy atom. The summed E-state index contributed by atoms with van der Waals surface area (Å²) in [5, 5.41) is 7.27. The second-order valence-corrected chi connectivity index (χ2v) is 11.5. The number of hydrogen-bond donors (Lipinski definition) is 2. The Bertz CT molecular complexity index is 918. The van der Waals surface area contributed by atoms with Crippen molar-refractivity contribution in [2.45, 2.75) is 72.3 Å². The zero-order chi connectivity index (χ0) is 19.8. The van der Waals surface area contributed by atoms with E-state index in [0.29, 0.717) is 5.41 Å². The number of nitrogens with one attached hydrogen (secondary N) is 2. The number of guanidine groups is 1. The molecule has 2 N–H and O–H groups in total. The minimum Gasteiger partial charge on any atom is -0.329 e. The molecule has 0 aromatic heterocycles. The molecule has 1 aromatic carbocycles. The number of allylic oxidation sites excluding steroid dienone is 2. The lowest BCUT2D eigenvalue weighted by molar-refractivity contribution is 0.0727. The Hall–Kier alpha value is -2.03. The van der Waals surface area contributed by atoms with E-state index in [9.17, 15) is 0 Å². The van der Waals surface area contributed by atoms with Gasteiger partial charge in [0.05, 0.1) is 5.54 Å². The third-order valence-electron chi connectivity index (χ3n) is 6.92. The maximum Gasteiger partial charge on any atom is 0.200 e. The first-order chi connectivity index (χ1) is 13.1. The van der Waals surface area contributed by atoms with Crippen molar-refractivity contribution in [1.29, 1.82) is 0 Å². The van der Waals surface area contributed by atoms with Crippen LogP contribution in [-0.4, -0.2) is 11.5 Å². The second-order valence-electron chi connectivity index (χ2n) is 11.5. The number of anilines is 1. The highest BCUT2D eigenvalue weighted by Gasteiger charge is 2.57. The number of rotatable bonds is 1. The van der Waals surface area contributed by atoms with Gasteiger partial charge in [-0.05, 0) is 66.1 Å². The van der Waals surface area contributed by atoms with Crippen molar-refractivity contribution >= 4 is 11.6 Å². The van der Waals surface area contributed by atoms with Crippen LogP contribution in [0.4, 0.5) is 5.69 Å². The molecule has 0 saturated heterocycles. The molecular weight excluding hydrogens is 342 g/mol. The minimum absolute atomic E-state index is 0.0885. The van der Waals surface area contributed by atoms with Crippen molar-refractivity contribution in [1.82, 2.24) is 5.32 Å². The molecule has 1 heterocycles. The molecule has 3 heteroatoms. The first-order valence-corrected chi connectivity index (χ1v) is 10.7. The van der Waals surface area contributed by atoms with Gasteiger partial charge >= 0.3 is 0 Å². The molecule has 0 amide bonds. The molecule has 1 saturated carbocycles. The fourth-order valence-corrected chi connectivity index (χ4v) is 6.91. The van der Waals surface area contributed by atoms with E-state index in [1.807, 2.05) is 0 Å². The Kier molecular flexibility index (Phi) is 3.56. The van der Waals surface area contributed by atoms with Gasteiger partial charge in [0, 0.05) is 17.0 Å². The summed E-state index contributed by atoms with van der Waals surface area (Å²) in [4.78, 5) is 5.42. The van der Waals surface area contributed by atoms with Crippen LogP contribution in [-0.2, 0) is 0 Å². The van der Waals surface area contributed by atoms with Crippen LogP contribution in [0.3, 0.4) is 0 Å². The molecule has 0 radical (unpaired) electrons. The van der Waals surface area contributed by atoms with E-state index in [4.69, 9.17) is 4.99 Å². The lowest BCUT2D eigenvalue weighted by atomic mass is 9.50. The summed E-state index contributed by atoms with van der Waals surface area (Å²) in [6.07, 6.45) is 8.39. The average Bonchev–Trinajstić information content (AvgIpc) is 2.50. The maximum absolute atomic E-state index is 5.42. The third kappa shape index (κ3) is 2.91. The topological polar surface area (TPSA) is 36.4 Å². The summed E-state index contributed by atoms with van der Waals surface area (Å²) in [6.45, 7) is 12.1. The van der Waals surface area contributed by atoms with Gasteiger partial charge in [0.2, 0.25) is 5.96 Å². The van der Waals surface area contributed by atoms with Gasteiger partial charge in [-0.1, -0.05) is 58.9 Å². The number of nitrogens with zero attached hydrogens (tertiary/aromatic N) is 1. The van der Waals surface area contributed by atoms with Gasteiger partial charge in [0.15, 0.2) is 0 Å². The van der Waals surface area contributed by atoms with Crippen LogP contribution in [0.25, 0.3) is 0 Å². The molecule has 5 rings (SSSR count). The standard InChI is InChI=1S/C25H33N3/c1-22(2)11-17-12-24(5)14-23(3,4)15-25(16-24)20(17)19(13-22)27-21(28-25)26-18-9-7-6-8-10-18/h6-10,12H,11,13-16H2,1-5H3,(H2,26,27,28)/t24-,25-/m1/s1. The monoisotopic (exact) mass is 375 g/mol. The quantitative estimate of drug-likeness (QED) is 0.629. The summed E-state index contributed by atoms with van der Waals surface area (Å²) in [5.74, 6) is 0.920. The molecule has 1 spiro atoms. The summed E-state index contributed by atoms with van der Waals surface area (Å²) in [6, 6.07) is 10.4. The Morgan fingerprint density at radius 3 is 2.39 bits per heavy atom. The average molecular weight is 376 g/mol. The maximum atomic E-state index is 5.42. The van der Waals surface area contributed by atoms with Crippen molar-refractivity contribution in [2.75, 3.05) is 5.32 Å². The molecule has 3 nitrogen and oxygen atoms in total. The summed E-state index contributed by atoms with van der Waals surface area (Å²) in [7, 11) is 0. The molecule has 1 aromatic rings. The van der Waals surface area contributed by atoms with E-state index in [1.165, 1.54) is 24.1 Å². The zero-order valence-corrected chi connectivity index (χ0v) is 17.9. The van der Waals surface area contributed by atoms with E-state index < -0.39 is 0 Å². The zero-order valence-electron chi connectivity index (χ0n) is 17.9. The van der Waals surface area contributed by atoms with Gasteiger partial charge in [0.1, 0.15) is 0 Å². The van der Waals surface area contributed by atoms with Crippen LogP contribution >= 0.6 is 0 Å². The summed E-state index contributed by atoms with van der Waals surface area (Å²) >= 11 is 0. The first-order valence-electron chi connectivity index (χ1n) is 10.7. The van der Waals surface area contributed by atoms with Crippen LogP contribution < -0.4 is 10.6 Å². The molecule has 1 fully saturated rings. The summed E-state index contributed by atoms with van der Waals surface area (Å²) < 4.78 is 0. The van der Waals surface area contributed by atoms with Crippen molar-refractivity contribution in [2.24, 2.45) is 21.2 Å². The van der Waals surface area contributed by atoms with Gasteiger partial charge in [-0.15, -0.1) is 0 Å². The smallest absolute Gasteiger partial charge is 0.200 e. The second kappa shape index (κ2) is 5.52. The molecule has 3 aliphatic carbocycles. The molecular formula is C25H33N3. The van der Waals surface area contributed by atoms with Crippen LogP contribution in [0.15, 0.2) is 58.2 Å². The fourth-order valence-electron chi connectivity index (χ4n) is 6.91. The van der Waals surface area contributed by atoms with E-state index in [2.05, 4.69) is 81.7 Å². The predicted octanol–water partition coefficient (Wildman–Crippen LogP) is 6.03. The van der Waals surface area contributed by atoms with E-state index in [-0.39, 0.29) is 16.4 Å². The Balaban J connectivity index is 1.65.